The van der Waals surface area contributed by atoms with E-state index in [1.54, 1.807) is 0 Å². The topological polar surface area (TPSA) is 152 Å². The molecule has 0 spiro atoms. The van der Waals surface area contributed by atoms with E-state index >= 15 is 0 Å². The molecule has 0 aromatic rings. The Hall–Kier alpha value is -1.32. The molecule has 0 rings (SSSR count). The molecule has 0 amide bonds. The number of rotatable bonds is 4. The summed E-state index contributed by atoms with van der Waals surface area (Å²) in [5.41, 5.74) is 0. The van der Waals surface area contributed by atoms with Crippen LogP contribution >= 0.6 is 0 Å². The van der Waals surface area contributed by atoms with Gasteiger partial charge in [0.05, 0.1) is 5.97 Å². The summed E-state index contributed by atoms with van der Waals surface area (Å²) < 4.78 is 0. The van der Waals surface area contributed by atoms with Crippen molar-refractivity contribution in [2.75, 3.05) is 0 Å². The fourth-order valence-electron chi connectivity index (χ4n) is 0.282. The summed E-state index contributed by atoms with van der Waals surface area (Å²) in [4.78, 5) is 38.1. The molecule has 0 radical (unpaired) electrons. The van der Waals surface area contributed by atoms with Crippen molar-refractivity contribution in [2.24, 2.45) is 0 Å². The number of carboxylic acids is 4. The Balaban J connectivity index is -0.000000218. The Morgan fingerprint density at radius 2 is 0.941 bits per heavy atom. The smallest absolute Gasteiger partial charge is 0.328 e. The molecule has 9 heteroatoms. The molecule has 0 saturated heterocycles. The van der Waals surface area contributed by atoms with E-state index in [0.717, 1.165) is 0 Å². The first-order chi connectivity index (χ1) is 7.25. The van der Waals surface area contributed by atoms with Crippen LogP contribution in [-0.2, 0) is 19.2 Å². The molecule has 92 valence electrons. The van der Waals surface area contributed by atoms with E-state index in [1.807, 2.05) is 0 Å². The van der Waals surface area contributed by atoms with Crippen LogP contribution < -0.4 is 5.11 Å². The van der Waals surface area contributed by atoms with Crippen molar-refractivity contribution in [1.82, 2.24) is 0 Å². The summed E-state index contributed by atoms with van der Waals surface area (Å²) in [5, 5.41) is 32.9. The van der Waals surface area contributed by atoms with Crippen LogP contribution in [0, 0.1) is 39.9 Å². The molecule has 0 heterocycles. The van der Waals surface area contributed by atoms with E-state index in [4.69, 9.17) is 15.3 Å². The minimum Gasteiger partial charge on any atom is -0.545 e. The van der Waals surface area contributed by atoms with Crippen molar-refractivity contribution in [1.29, 1.82) is 0 Å². The van der Waals surface area contributed by atoms with Crippen LogP contribution in [0.3, 0.4) is 0 Å². The van der Waals surface area contributed by atoms with E-state index < -0.39 is 23.9 Å². The van der Waals surface area contributed by atoms with Gasteiger partial charge in [-0.3, -0.25) is 0 Å². The number of aliphatic carboxylic acids is 4. The first-order valence-electron chi connectivity index (χ1n) is 3.51. The van der Waals surface area contributed by atoms with Crippen LogP contribution in [0.4, 0.5) is 0 Å². The fraction of sp³-hybridized carbons (Fsp3) is 0. The molecule has 0 atom stereocenters. The average Bonchev–Trinajstić information content (AvgIpc) is 2.12. The summed E-state index contributed by atoms with van der Waals surface area (Å²) >= 11 is 0. The van der Waals surface area contributed by atoms with Crippen LogP contribution in [0.25, 0.3) is 0 Å². The normalized spacial score (nSPS) is 8.94. The molecule has 17 heavy (non-hydrogen) atoms. The number of carbonyl (C=O) groups is 4. The maximum atomic E-state index is 9.55. The zero-order chi connectivity index (χ0) is 13.1. The number of hydrogen-bond acceptors (Lipinski definition) is 5. The Labute approximate surface area is 127 Å². The Kier molecular flexibility index (Phi) is 15.8. The van der Waals surface area contributed by atoms with Crippen LogP contribution in [0.1, 0.15) is 0 Å². The van der Waals surface area contributed by atoms with E-state index in [0.29, 0.717) is 24.3 Å². The van der Waals surface area contributed by atoms with Gasteiger partial charge >= 0.3 is 17.9 Å². The summed E-state index contributed by atoms with van der Waals surface area (Å²) in [7, 11) is 0. The van der Waals surface area contributed by atoms with Crippen molar-refractivity contribution >= 4 is 23.9 Å². The first kappa shape index (κ1) is 21.0. The van der Waals surface area contributed by atoms with Gasteiger partial charge in [-0.15, -0.1) is 0 Å². The number of carbonyl (C=O) groups excluding carboxylic acids is 1. The molecular formula is C8H7O8Th-. The standard InChI is InChI=1S/2C4H4O4.Th/c2*5-3(6)1-2-4(7)8;/h2*1-2H,(H,5,6)(H,7,8);/p-1/b2*2-1-;. The van der Waals surface area contributed by atoms with Gasteiger partial charge in [0.15, 0.2) is 0 Å². The molecule has 0 aliphatic carbocycles. The van der Waals surface area contributed by atoms with Gasteiger partial charge in [-0.05, 0) is 6.08 Å². The molecule has 8 nitrogen and oxygen atoms in total. The molecular weight excluding hydrogens is 456 g/mol. The molecule has 0 bridgehead atoms. The average molecular weight is 463 g/mol. The van der Waals surface area contributed by atoms with Gasteiger partial charge < -0.3 is 25.2 Å². The maximum Gasteiger partial charge on any atom is 0.328 e. The van der Waals surface area contributed by atoms with E-state index in [1.165, 1.54) is 0 Å². The Morgan fingerprint density at radius 3 is 1.06 bits per heavy atom. The van der Waals surface area contributed by atoms with Crippen LogP contribution in [0.5, 0.6) is 0 Å². The minimum absolute atomic E-state index is 0. The summed E-state index contributed by atoms with van der Waals surface area (Å²) in [6, 6.07) is 0. The van der Waals surface area contributed by atoms with Crippen molar-refractivity contribution in [3.63, 3.8) is 0 Å². The third-order valence-electron chi connectivity index (χ3n) is 0.730. The van der Waals surface area contributed by atoms with Crippen molar-refractivity contribution in [2.45, 2.75) is 0 Å². The predicted octanol–water partition coefficient (Wildman–Crippen LogP) is -1.91. The maximum absolute atomic E-state index is 9.55. The molecule has 0 aromatic heterocycles. The second-order valence-corrected chi connectivity index (χ2v) is 2.00. The van der Waals surface area contributed by atoms with Gasteiger partial charge in [-0.1, -0.05) is 0 Å². The second-order valence-electron chi connectivity index (χ2n) is 2.00. The fourth-order valence-corrected chi connectivity index (χ4v) is 0.282. The van der Waals surface area contributed by atoms with Gasteiger partial charge in [0, 0.05) is 58.2 Å². The third kappa shape index (κ3) is 31.3. The summed E-state index contributed by atoms with van der Waals surface area (Å²) in [5.74, 6) is -5.32. The van der Waals surface area contributed by atoms with Gasteiger partial charge in [0.25, 0.3) is 0 Å². The molecule has 0 aliphatic heterocycles. The zero-order valence-corrected chi connectivity index (χ0v) is 12.3. The zero-order valence-electron chi connectivity index (χ0n) is 8.19. The quantitative estimate of drug-likeness (QED) is 0.409. The second kappa shape index (κ2) is 12.8. The van der Waals surface area contributed by atoms with Gasteiger partial charge in [-0.2, -0.15) is 0 Å². The molecule has 0 fully saturated rings. The Bertz CT molecular complexity index is 277. The van der Waals surface area contributed by atoms with E-state index in [-0.39, 0.29) is 39.9 Å². The minimum atomic E-state index is -1.51. The van der Waals surface area contributed by atoms with E-state index in [9.17, 15) is 24.3 Å². The third-order valence-corrected chi connectivity index (χ3v) is 0.730. The van der Waals surface area contributed by atoms with Gasteiger partial charge in [0.2, 0.25) is 0 Å². The summed E-state index contributed by atoms with van der Waals surface area (Å²) in [6.45, 7) is 0. The predicted molar refractivity (Wildman–Crippen MR) is 46.2 cm³/mol. The first-order valence-corrected chi connectivity index (χ1v) is 3.51. The Morgan fingerprint density at radius 1 is 0.706 bits per heavy atom. The van der Waals surface area contributed by atoms with Crippen molar-refractivity contribution in [3.8, 4) is 0 Å². The van der Waals surface area contributed by atoms with Gasteiger partial charge in [-0.25, -0.2) is 14.4 Å². The van der Waals surface area contributed by atoms with Gasteiger partial charge in [0.1, 0.15) is 0 Å². The van der Waals surface area contributed by atoms with Crippen LogP contribution in [-0.4, -0.2) is 39.2 Å². The largest absolute Gasteiger partial charge is 0.545 e. The molecule has 0 unspecified atom stereocenters. The van der Waals surface area contributed by atoms with Crippen LogP contribution in [0.15, 0.2) is 24.3 Å². The number of carboxylic acid groups (broad SMARTS) is 4. The van der Waals surface area contributed by atoms with Crippen LogP contribution in [0.2, 0.25) is 0 Å². The summed E-state index contributed by atoms with van der Waals surface area (Å²) in [6.07, 6.45) is 2.06. The van der Waals surface area contributed by atoms with E-state index in [2.05, 4.69) is 0 Å². The molecule has 3 N–H and O–H groups in total. The van der Waals surface area contributed by atoms with Crippen molar-refractivity contribution in [3.05, 3.63) is 24.3 Å². The SMILES string of the molecule is O=C(O)/C=C\C(=O)O.O=C([O-])/C=C\C(=O)O.[Th]. The molecule has 0 aliphatic rings. The monoisotopic (exact) mass is 463 g/mol. The van der Waals surface area contributed by atoms with Crippen molar-refractivity contribution < 1.29 is 79.5 Å². The molecule has 0 saturated carbocycles. The number of hydrogen-bond donors (Lipinski definition) is 3. The molecule has 0 aromatic carbocycles.